The van der Waals surface area contributed by atoms with Gasteiger partial charge in [-0.25, -0.2) is 0 Å². The second-order valence-electron chi connectivity index (χ2n) is 3.69. The van der Waals surface area contributed by atoms with Gasteiger partial charge in [0.25, 0.3) is 0 Å². The monoisotopic (exact) mass is 374 g/mol. The minimum atomic E-state index is 0.428. The fraction of sp³-hybridized carbons (Fsp3) is 0. The normalized spacial score (nSPS) is 10.1. The van der Waals surface area contributed by atoms with Crippen molar-refractivity contribution in [1.29, 1.82) is 0 Å². The SMILES string of the molecule is S=C(Nc1ccccc1)Nc1c(Cl)cc(Br)cc1Cl. The fourth-order valence-corrected chi connectivity index (χ4v) is 2.98. The van der Waals surface area contributed by atoms with Gasteiger partial charge in [-0.1, -0.05) is 57.3 Å². The van der Waals surface area contributed by atoms with Gasteiger partial charge in [-0.15, -0.1) is 0 Å². The molecule has 0 amide bonds. The first-order valence-electron chi connectivity index (χ1n) is 5.34. The van der Waals surface area contributed by atoms with E-state index in [1.807, 2.05) is 30.3 Å². The third kappa shape index (κ3) is 4.08. The fourth-order valence-electron chi connectivity index (χ4n) is 1.46. The van der Waals surface area contributed by atoms with E-state index in [9.17, 15) is 0 Å². The average Bonchev–Trinajstić information content (AvgIpc) is 2.35. The second kappa shape index (κ2) is 6.57. The van der Waals surface area contributed by atoms with Crippen LogP contribution < -0.4 is 10.6 Å². The van der Waals surface area contributed by atoms with Gasteiger partial charge in [0.05, 0.1) is 15.7 Å². The predicted molar refractivity (Wildman–Crippen MR) is 90.4 cm³/mol. The maximum atomic E-state index is 6.12. The van der Waals surface area contributed by atoms with Crippen LogP contribution in [-0.2, 0) is 0 Å². The first kappa shape index (κ1) is 14.6. The summed E-state index contributed by atoms with van der Waals surface area (Å²) in [5, 5.41) is 7.46. The van der Waals surface area contributed by atoms with Crippen molar-refractivity contribution in [1.82, 2.24) is 0 Å². The summed E-state index contributed by atoms with van der Waals surface area (Å²) in [5.41, 5.74) is 1.48. The lowest BCUT2D eigenvalue weighted by Crippen LogP contribution is -2.19. The van der Waals surface area contributed by atoms with E-state index in [2.05, 4.69) is 26.6 Å². The van der Waals surface area contributed by atoms with E-state index in [-0.39, 0.29) is 0 Å². The Morgan fingerprint density at radius 3 is 2.16 bits per heavy atom. The highest BCUT2D eigenvalue weighted by Gasteiger charge is 2.09. The molecule has 0 unspecified atom stereocenters. The molecule has 0 atom stereocenters. The van der Waals surface area contributed by atoms with Crippen LogP contribution in [0.2, 0.25) is 10.0 Å². The Bertz CT molecular complexity index is 582. The zero-order valence-corrected chi connectivity index (χ0v) is 13.5. The smallest absolute Gasteiger partial charge is 0.175 e. The molecule has 6 heteroatoms. The summed E-state index contributed by atoms with van der Waals surface area (Å²) in [6, 6.07) is 13.1. The van der Waals surface area contributed by atoms with Crippen LogP contribution in [0.4, 0.5) is 11.4 Å². The molecule has 2 nitrogen and oxygen atoms in total. The molecule has 0 saturated carbocycles. The zero-order chi connectivity index (χ0) is 13.8. The Labute approximate surface area is 135 Å². The van der Waals surface area contributed by atoms with Crippen LogP contribution in [-0.4, -0.2) is 5.11 Å². The Balaban J connectivity index is 2.12. The number of rotatable bonds is 2. The molecule has 0 saturated heterocycles. The molecule has 0 aliphatic carbocycles. The number of nitrogens with one attached hydrogen (secondary N) is 2. The lowest BCUT2D eigenvalue weighted by Gasteiger charge is -2.13. The van der Waals surface area contributed by atoms with Gasteiger partial charge in [-0.05, 0) is 36.5 Å². The van der Waals surface area contributed by atoms with Crippen LogP contribution in [0.15, 0.2) is 46.9 Å². The molecule has 0 spiro atoms. The molecule has 0 aliphatic heterocycles. The highest BCUT2D eigenvalue weighted by molar-refractivity contribution is 9.10. The van der Waals surface area contributed by atoms with E-state index in [1.54, 1.807) is 12.1 Å². The van der Waals surface area contributed by atoms with Crippen molar-refractivity contribution in [2.75, 3.05) is 10.6 Å². The van der Waals surface area contributed by atoms with Gasteiger partial charge in [-0.3, -0.25) is 0 Å². The molecular formula is C13H9BrCl2N2S. The molecule has 2 aromatic rings. The summed E-state index contributed by atoms with van der Waals surface area (Å²) in [6.07, 6.45) is 0. The topological polar surface area (TPSA) is 24.1 Å². The molecule has 0 aromatic heterocycles. The maximum Gasteiger partial charge on any atom is 0.175 e. The summed E-state index contributed by atoms with van der Waals surface area (Å²) in [7, 11) is 0. The molecule has 2 aromatic carbocycles. The molecule has 2 rings (SSSR count). The summed E-state index contributed by atoms with van der Waals surface area (Å²) < 4.78 is 0.815. The number of benzene rings is 2. The summed E-state index contributed by atoms with van der Waals surface area (Å²) >= 11 is 20.8. The third-order valence-corrected chi connectivity index (χ3v) is 3.54. The Morgan fingerprint density at radius 2 is 1.58 bits per heavy atom. The molecule has 19 heavy (non-hydrogen) atoms. The average molecular weight is 376 g/mol. The van der Waals surface area contributed by atoms with E-state index in [1.165, 1.54) is 0 Å². The van der Waals surface area contributed by atoms with Gasteiger partial charge in [0.1, 0.15) is 0 Å². The summed E-state index contributed by atoms with van der Waals surface area (Å²) in [5.74, 6) is 0. The molecule has 0 fully saturated rings. The molecular weight excluding hydrogens is 367 g/mol. The van der Waals surface area contributed by atoms with Gasteiger partial charge < -0.3 is 10.6 Å². The predicted octanol–water partition coefficient (Wildman–Crippen LogP) is 5.56. The first-order chi connectivity index (χ1) is 9.06. The molecule has 0 heterocycles. The van der Waals surface area contributed by atoms with E-state index in [0.717, 1.165) is 10.2 Å². The number of para-hydroxylation sites is 1. The Morgan fingerprint density at radius 1 is 1.00 bits per heavy atom. The van der Waals surface area contributed by atoms with Crippen molar-refractivity contribution < 1.29 is 0 Å². The van der Waals surface area contributed by atoms with E-state index in [4.69, 9.17) is 35.4 Å². The van der Waals surface area contributed by atoms with Crippen LogP contribution >= 0.6 is 51.3 Å². The molecule has 0 aliphatic rings. The third-order valence-electron chi connectivity index (χ3n) is 2.28. The standard InChI is InChI=1S/C13H9BrCl2N2S/c14-8-6-10(15)12(11(16)7-8)18-13(19)17-9-4-2-1-3-5-9/h1-7H,(H2,17,18,19). The molecule has 0 radical (unpaired) electrons. The highest BCUT2D eigenvalue weighted by Crippen LogP contribution is 2.33. The van der Waals surface area contributed by atoms with Crippen molar-refractivity contribution in [2.45, 2.75) is 0 Å². The van der Waals surface area contributed by atoms with Crippen LogP contribution in [0.3, 0.4) is 0 Å². The number of hydrogen-bond acceptors (Lipinski definition) is 1. The number of anilines is 2. The van der Waals surface area contributed by atoms with Crippen molar-refractivity contribution in [3.63, 3.8) is 0 Å². The summed E-state index contributed by atoms with van der Waals surface area (Å²) in [4.78, 5) is 0. The maximum absolute atomic E-state index is 6.12. The van der Waals surface area contributed by atoms with Crippen molar-refractivity contribution in [3.8, 4) is 0 Å². The minimum absolute atomic E-state index is 0.428. The Kier molecular flexibility index (Phi) is 5.05. The number of hydrogen-bond donors (Lipinski definition) is 2. The van der Waals surface area contributed by atoms with Gasteiger partial charge >= 0.3 is 0 Å². The first-order valence-corrected chi connectivity index (χ1v) is 7.29. The van der Waals surface area contributed by atoms with Crippen LogP contribution in [0, 0.1) is 0 Å². The lowest BCUT2D eigenvalue weighted by molar-refractivity contribution is 1.58. The van der Waals surface area contributed by atoms with E-state index < -0.39 is 0 Å². The number of thiocarbonyl (C=S) groups is 1. The molecule has 2 N–H and O–H groups in total. The quantitative estimate of drug-likeness (QED) is 0.671. The Hall–Kier alpha value is -0.810. The molecule has 98 valence electrons. The lowest BCUT2D eigenvalue weighted by atomic mass is 10.3. The second-order valence-corrected chi connectivity index (χ2v) is 5.83. The van der Waals surface area contributed by atoms with Crippen LogP contribution in [0.5, 0.6) is 0 Å². The van der Waals surface area contributed by atoms with Gasteiger partial charge in [0.15, 0.2) is 5.11 Å². The summed E-state index contributed by atoms with van der Waals surface area (Å²) in [6.45, 7) is 0. The largest absolute Gasteiger partial charge is 0.332 e. The minimum Gasteiger partial charge on any atom is -0.332 e. The van der Waals surface area contributed by atoms with Crippen molar-refractivity contribution in [3.05, 3.63) is 57.0 Å². The zero-order valence-electron chi connectivity index (χ0n) is 9.58. The number of halogens is 3. The van der Waals surface area contributed by atoms with E-state index >= 15 is 0 Å². The van der Waals surface area contributed by atoms with Gasteiger partial charge in [0.2, 0.25) is 0 Å². The van der Waals surface area contributed by atoms with Gasteiger partial charge in [0, 0.05) is 10.2 Å². The van der Waals surface area contributed by atoms with Crippen LogP contribution in [0.25, 0.3) is 0 Å². The van der Waals surface area contributed by atoms with Gasteiger partial charge in [-0.2, -0.15) is 0 Å². The van der Waals surface area contributed by atoms with E-state index in [0.29, 0.717) is 20.8 Å². The van der Waals surface area contributed by atoms with Crippen molar-refractivity contribution in [2.24, 2.45) is 0 Å². The highest BCUT2D eigenvalue weighted by atomic mass is 79.9. The molecule has 0 bridgehead atoms. The van der Waals surface area contributed by atoms with Crippen LogP contribution in [0.1, 0.15) is 0 Å². The van der Waals surface area contributed by atoms with Crippen molar-refractivity contribution >= 4 is 67.8 Å².